The summed E-state index contributed by atoms with van der Waals surface area (Å²) in [4.78, 5) is 4.59. The van der Waals surface area contributed by atoms with Crippen molar-refractivity contribution < 1.29 is 14.2 Å². The Hall–Kier alpha value is -4.04. The molecule has 3 N–H and O–H groups in total. The van der Waals surface area contributed by atoms with Gasteiger partial charge in [-0.2, -0.15) is 4.98 Å². The van der Waals surface area contributed by atoms with Gasteiger partial charge in [0.25, 0.3) is 0 Å². The van der Waals surface area contributed by atoms with Crippen molar-refractivity contribution in [2.75, 3.05) is 11.9 Å². The lowest BCUT2D eigenvalue weighted by Gasteiger charge is -2.19. The summed E-state index contributed by atoms with van der Waals surface area (Å²) in [5, 5.41) is 7.86. The second-order valence-corrected chi connectivity index (χ2v) is 7.92. The van der Waals surface area contributed by atoms with Crippen LogP contribution in [0.2, 0.25) is 0 Å². The maximum absolute atomic E-state index is 6.16. The zero-order valence-corrected chi connectivity index (χ0v) is 18.3. The summed E-state index contributed by atoms with van der Waals surface area (Å²) in [5.74, 6) is 2.51. The van der Waals surface area contributed by atoms with Gasteiger partial charge in [-0.05, 0) is 61.7 Å². The molecule has 3 aromatic rings. The third-order valence-corrected chi connectivity index (χ3v) is 5.14. The van der Waals surface area contributed by atoms with Crippen LogP contribution in [-0.2, 0) is 9.47 Å². The number of aromatic nitrogens is 3. The molecule has 2 aliphatic rings. The molecule has 8 heteroatoms. The van der Waals surface area contributed by atoms with Crippen molar-refractivity contribution in [2.24, 2.45) is 5.73 Å². The van der Waals surface area contributed by atoms with Gasteiger partial charge in [-0.1, -0.05) is 24.3 Å². The predicted octanol–water partition coefficient (Wildman–Crippen LogP) is 4.66. The zero-order valence-electron chi connectivity index (χ0n) is 18.3. The number of allylic oxidation sites excluding steroid dienone is 4. The van der Waals surface area contributed by atoms with Gasteiger partial charge in [-0.15, -0.1) is 5.10 Å². The predicted molar refractivity (Wildman–Crippen MR) is 127 cm³/mol. The van der Waals surface area contributed by atoms with E-state index in [1.807, 2.05) is 61.5 Å². The Morgan fingerprint density at radius 1 is 1.15 bits per heavy atom. The van der Waals surface area contributed by atoms with E-state index in [9.17, 15) is 0 Å². The van der Waals surface area contributed by atoms with E-state index in [4.69, 9.17) is 19.9 Å². The van der Waals surface area contributed by atoms with Gasteiger partial charge in [0.15, 0.2) is 17.2 Å². The molecule has 1 aliphatic heterocycles. The SMILES string of the molecule is C[C@H](N)COc1ccc(Nc2nc3cccc(C4=COC=C(C5=CC=CCC5)O4)n3n2)cc1. The van der Waals surface area contributed by atoms with Gasteiger partial charge in [0, 0.05) is 11.7 Å². The fraction of sp³-hybridized carbons (Fsp3) is 0.200. The highest BCUT2D eigenvalue weighted by molar-refractivity contribution is 5.63. The van der Waals surface area contributed by atoms with Crippen LogP contribution in [0.1, 0.15) is 25.5 Å². The minimum absolute atomic E-state index is 0.0179. The van der Waals surface area contributed by atoms with Crippen LogP contribution in [0, 0.1) is 0 Å². The quantitative estimate of drug-likeness (QED) is 0.548. The van der Waals surface area contributed by atoms with E-state index in [0.717, 1.165) is 35.5 Å². The number of hydrogen-bond donors (Lipinski definition) is 2. The summed E-state index contributed by atoms with van der Waals surface area (Å²) in [6, 6.07) is 13.3. The van der Waals surface area contributed by atoms with E-state index in [0.29, 0.717) is 29.7 Å². The first-order valence-electron chi connectivity index (χ1n) is 10.9. The number of hydrogen-bond acceptors (Lipinski definition) is 7. The largest absolute Gasteiger partial charge is 0.492 e. The molecule has 1 aliphatic carbocycles. The first-order chi connectivity index (χ1) is 16.2. The molecule has 0 spiro atoms. The normalized spacial score (nSPS) is 16.2. The second-order valence-electron chi connectivity index (χ2n) is 7.92. The maximum Gasteiger partial charge on any atom is 0.247 e. The van der Waals surface area contributed by atoms with E-state index in [1.165, 1.54) is 0 Å². The molecule has 0 unspecified atom stereocenters. The van der Waals surface area contributed by atoms with Crippen LogP contribution in [0.4, 0.5) is 11.6 Å². The summed E-state index contributed by atoms with van der Waals surface area (Å²) in [5.41, 5.74) is 9.11. The minimum atomic E-state index is -0.0179. The summed E-state index contributed by atoms with van der Waals surface area (Å²) in [6.07, 6.45) is 11.3. The molecule has 0 bridgehead atoms. The van der Waals surface area contributed by atoms with Crippen molar-refractivity contribution in [3.63, 3.8) is 0 Å². The highest BCUT2D eigenvalue weighted by Gasteiger charge is 2.19. The Kier molecular flexibility index (Phi) is 5.82. The maximum atomic E-state index is 6.16. The van der Waals surface area contributed by atoms with Crippen molar-refractivity contribution >= 4 is 23.0 Å². The van der Waals surface area contributed by atoms with Crippen LogP contribution in [0.15, 0.2) is 84.5 Å². The molecule has 3 heterocycles. The molecule has 2 aromatic heterocycles. The van der Waals surface area contributed by atoms with Gasteiger partial charge >= 0.3 is 0 Å². The molecule has 0 fully saturated rings. The molecular weight excluding hydrogens is 418 g/mol. The van der Waals surface area contributed by atoms with Gasteiger partial charge in [0.05, 0.1) is 0 Å². The molecule has 1 aromatic carbocycles. The highest BCUT2D eigenvalue weighted by atomic mass is 16.5. The smallest absolute Gasteiger partial charge is 0.247 e. The standard InChI is InChI=1S/C25H25N5O3/c1-17(26)14-32-20-12-10-19(11-13-20)27-25-28-24-9-5-8-21(30(24)29-25)23-16-31-15-22(33-23)18-6-3-2-4-7-18/h2-3,5-6,8-13,15-17H,4,7,14,26H2,1H3,(H,27,29)/t17-/m0/s1. The lowest BCUT2D eigenvalue weighted by atomic mass is 10.0. The van der Waals surface area contributed by atoms with Crippen LogP contribution in [0.5, 0.6) is 5.75 Å². The zero-order chi connectivity index (χ0) is 22.6. The molecule has 0 saturated heterocycles. The average Bonchev–Trinajstić information content (AvgIpc) is 3.27. The summed E-state index contributed by atoms with van der Waals surface area (Å²) in [7, 11) is 0. The minimum Gasteiger partial charge on any atom is -0.492 e. The fourth-order valence-electron chi connectivity index (χ4n) is 3.52. The number of nitrogens with zero attached hydrogens (tertiary/aromatic N) is 3. The number of ether oxygens (including phenoxy) is 3. The van der Waals surface area contributed by atoms with Gasteiger partial charge in [0.2, 0.25) is 5.95 Å². The molecular formula is C25H25N5O3. The van der Waals surface area contributed by atoms with Crippen LogP contribution in [-0.4, -0.2) is 27.2 Å². The third-order valence-electron chi connectivity index (χ3n) is 5.14. The van der Waals surface area contributed by atoms with Gasteiger partial charge in [0.1, 0.15) is 30.6 Å². The second kappa shape index (κ2) is 9.22. The average molecular weight is 444 g/mol. The van der Waals surface area contributed by atoms with Crippen LogP contribution >= 0.6 is 0 Å². The first kappa shape index (κ1) is 20.8. The summed E-state index contributed by atoms with van der Waals surface area (Å²) in [6.45, 7) is 2.37. The number of anilines is 2. The number of fused-ring (bicyclic) bond motifs is 1. The molecule has 0 saturated carbocycles. The lowest BCUT2D eigenvalue weighted by Crippen LogP contribution is -2.23. The Morgan fingerprint density at radius 2 is 2.00 bits per heavy atom. The van der Waals surface area contributed by atoms with E-state index in [2.05, 4.69) is 21.5 Å². The third kappa shape index (κ3) is 4.75. The topological polar surface area (TPSA) is 95.9 Å². The molecule has 0 amide bonds. The summed E-state index contributed by atoms with van der Waals surface area (Å²) < 4.78 is 19.1. The molecule has 5 rings (SSSR count). The van der Waals surface area contributed by atoms with Crippen molar-refractivity contribution in [1.82, 2.24) is 14.6 Å². The van der Waals surface area contributed by atoms with E-state index >= 15 is 0 Å². The van der Waals surface area contributed by atoms with Crippen molar-refractivity contribution in [1.29, 1.82) is 0 Å². The number of benzene rings is 1. The fourth-order valence-corrected chi connectivity index (χ4v) is 3.52. The van der Waals surface area contributed by atoms with Crippen LogP contribution in [0.25, 0.3) is 11.4 Å². The first-order valence-corrected chi connectivity index (χ1v) is 10.9. The van der Waals surface area contributed by atoms with E-state index in [-0.39, 0.29) is 6.04 Å². The number of nitrogens with two attached hydrogens (primary N) is 1. The summed E-state index contributed by atoms with van der Waals surface area (Å²) >= 11 is 0. The van der Waals surface area contributed by atoms with Crippen LogP contribution in [0.3, 0.4) is 0 Å². The van der Waals surface area contributed by atoms with Gasteiger partial charge < -0.3 is 25.3 Å². The molecule has 168 valence electrons. The van der Waals surface area contributed by atoms with Crippen molar-refractivity contribution in [2.45, 2.75) is 25.8 Å². The van der Waals surface area contributed by atoms with Gasteiger partial charge in [-0.3, -0.25) is 0 Å². The Balaban J connectivity index is 1.34. The molecule has 8 nitrogen and oxygen atoms in total. The van der Waals surface area contributed by atoms with Gasteiger partial charge in [-0.25, -0.2) is 4.52 Å². The van der Waals surface area contributed by atoms with Crippen molar-refractivity contribution in [3.8, 4) is 5.75 Å². The Bertz CT molecular complexity index is 1270. The number of nitrogens with one attached hydrogen (secondary N) is 1. The van der Waals surface area contributed by atoms with E-state index in [1.54, 1.807) is 17.0 Å². The number of rotatable bonds is 7. The van der Waals surface area contributed by atoms with Crippen LogP contribution < -0.4 is 15.8 Å². The number of pyridine rings is 1. The van der Waals surface area contributed by atoms with Crippen molar-refractivity contribution in [3.05, 3.63) is 90.2 Å². The molecule has 1 atom stereocenters. The molecule has 33 heavy (non-hydrogen) atoms. The molecule has 0 radical (unpaired) electrons. The highest BCUT2D eigenvalue weighted by Crippen LogP contribution is 2.30. The Labute approximate surface area is 191 Å². The Morgan fingerprint density at radius 3 is 2.79 bits per heavy atom. The lowest BCUT2D eigenvalue weighted by molar-refractivity contribution is 0.283. The van der Waals surface area contributed by atoms with E-state index < -0.39 is 0 Å². The monoisotopic (exact) mass is 443 g/mol.